The summed E-state index contributed by atoms with van der Waals surface area (Å²) in [6.07, 6.45) is 4.41. The molecule has 1 atom stereocenters. The summed E-state index contributed by atoms with van der Waals surface area (Å²) in [7, 11) is 0. The van der Waals surface area contributed by atoms with E-state index in [4.69, 9.17) is 0 Å². The van der Waals surface area contributed by atoms with Crippen molar-refractivity contribution < 1.29 is 0 Å². The molecule has 0 amide bonds. The number of aromatic nitrogens is 1. The van der Waals surface area contributed by atoms with Crippen molar-refractivity contribution in [2.24, 2.45) is 5.41 Å². The van der Waals surface area contributed by atoms with Gasteiger partial charge in [-0.15, -0.1) is 0 Å². The first kappa shape index (κ1) is 8.74. The Kier molecular flexibility index (Phi) is 1.90. The molecular weight excluding hydrogens is 158 g/mol. The molecular formula is C12H17N. The highest BCUT2D eigenvalue weighted by atomic mass is 14.7. The van der Waals surface area contributed by atoms with E-state index >= 15 is 0 Å². The molecule has 1 aliphatic rings. The highest BCUT2D eigenvalue weighted by molar-refractivity contribution is 5.29. The van der Waals surface area contributed by atoms with Crippen molar-refractivity contribution in [1.82, 2.24) is 4.98 Å². The van der Waals surface area contributed by atoms with E-state index in [2.05, 4.69) is 31.8 Å². The van der Waals surface area contributed by atoms with Crippen LogP contribution in [0.5, 0.6) is 0 Å². The van der Waals surface area contributed by atoms with Crippen molar-refractivity contribution in [3.63, 3.8) is 0 Å². The van der Waals surface area contributed by atoms with Crippen molar-refractivity contribution in [2.45, 2.75) is 39.5 Å². The quantitative estimate of drug-likeness (QED) is 0.590. The van der Waals surface area contributed by atoms with Crippen molar-refractivity contribution in [3.8, 4) is 0 Å². The number of nitrogens with zero attached hydrogens (tertiary/aromatic N) is 1. The first-order valence-corrected chi connectivity index (χ1v) is 5.03. The molecule has 70 valence electrons. The van der Waals surface area contributed by atoms with E-state index in [1.54, 1.807) is 0 Å². The topological polar surface area (TPSA) is 12.9 Å². The molecule has 1 heterocycles. The van der Waals surface area contributed by atoms with Crippen LogP contribution in [-0.4, -0.2) is 4.98 Å². The molecule has 1 heteroatoms. The lowest BCUT2D eigenvalue weighted by Crippen LogP contribution is -2.16. The van der Waals surface area contributed by atoms with E-state index < -0.39 is 0 Å². The fourth-order valence-electron chi connectivity index (χ4n) is 2.26. The molecule has 0 aliphatic heterocycles. The van der Waals surface area contributed by atoms with E-state index in [0.717, 1.165) is 0 Å². The fourth-order valence-corrected chi connectivity index (χ4v) is 2.26. The van der Waals surface area contributed by atoms with Gasteiger partial charge in [-0.3, -0.25) is 4.98 Å². The molecule has 1 aliphatic carbocycles. The Hall–Kier alpha value is -0.850. The average Bonchev–Trinajstić information content (AvgIpc) is 2.45. The Morgan fingerprint density at radius 3 is 2.85 bits per heavy atom. The van der Waals surface area contributed by atoms with Crippen LogP contribution in [0.25, 0.3) is 0 Å². The lowest BCUT2D eigenvalue weighted by atomic mass is 9.79. The molecule has 1 aromatic heterocycles. The summed E-state index contributed by atoms with van der Waals surface area (Å²) in [4.78, 5) is 4.51. The van der Waals surface area contributed by atoms with Crippen LogP contribution in [0.15, 0.2) is 18.3 Å². The zero-order valence-corrected chi connectivity index (χ0v) is 8.67. The van der Waals surface area contributed by atoms with Gasteiger partial charge in [0.05, 0.1) is 0 Å². The van der Waals surface area contributed by atoms with Gasteiger partial charge in [0.25, 0.3) is 0 Å². The van der Waals surface area contributed by atoms with Crippen LogP contribution in [-0.2, 0) is 6.42 Å². The third-order valence-electron chi connectivity index (χ3n) is 3.00. The van der Waals surface area contributed by atoms with Gasteiger partial charge >= 0.3 is 0 Å². The molecule has 0 unspecified atom stereocenters. The predicted octanol–water partition coefficient (Wildman–Crippen LogP) is 3.16. The standard InChI is InChI=1S/C12H17N/c1-12(2,3)10-7-6-9-5-4-8-13-11(9)10/h4-5,8,10H,6-7H2,1-3H3/t10-/m0/s1. The van der Waals surface area contributed by atoms with E-state index in [0.29, 0.717) is 11.3 Å². The maximum absolute atomic E-state index is 4.51. The minimum atomic E-state index is 0.361. The van der Waals surface area contributed by atoms with Gasteiger partial charge in [0.1, 0.15) is 0 Å². The normalized spacial score (nSPS) is 21.6. The van der Waals surface area contributed by atoms with Gasteiger partial charge in [0, 0.05) is 17.8 Å². The van der Waals surface area contributed by atoms with Gasteiger partial charge in [-0.25, -0.2) is 0 Å². The van der Waals surface area contributed by atoms with E-state index in [1.165, 1.54) is 24.1 Å². The molecule has 1 aromatic rings. The van der Waals surface area contributed by atoms with E-state index in [-0.39, 0.29) is 0 Å². The van der Waals surface area contributed by atoms with Crippen LogP contribution in [0, 0.1) is 5.41 Å². The zero-order chi connectivity index (χ0) is 9.47. The van der Waals surface area contributed by atoms with Gasteiger partial charge in [-0.05, 0) is 29.9 Å². The second kappa shape index (κ2) is 2.83. The largest absolute Gasteiger partial charge is 0.261 e. The number of hydrogen-bond donors (Lipinski definition) is 0. The van der Waals surface area contributed by atoms with Crippen LogP contribution in [0.3, 0.4) is 0 Å². The predicted molar refractivity (Wildman–Crippen MR) is 54.8 cm³/mol. The lowest BCUT2D eigenvalue weighted by molar-refractivity contribution is 0.314. The molecule has 2 rings (SSSR count). The van der Waals surface area contributed by atoms with Gasteiger partial charge in [-0.1, -0.05) is 26.8 Å². The number of rotatable bonds is 0. The van der Waals surface area contributed by atoms with Crippen molar-refractivity contribution >= 4 is 0 Å². The van der Waals surface area contributed by atoms with Crippen LogP contribution in [0.2, 0.25) is 0 Å². The molecule has 0 bridgehead atoms. The van der Waals surface area contributed by atoms with Crippen molar-refractivity contribution in [2.75, 3.05) is 0 Å². The number of pyridine rings is 1. The first-order valence-electron chi connectivity index (χ1n) is 5.03. The minimum absolute atomic E-state index is 0.361. The lowest BCUT2D eigenvalue weighted by Gasteiger charge is -2.26. The molecule has 1 nitrogen and oxygen atoms in total. The maximum atomic E-state index is 4.51. The summed E-state index contributed by atoms with van der Waals surface area (Å²) in [6, 6.07) is 4.26. The smallest absolute Gasteiger partial charge is 0.0471 e. The van der Waals surface area contributed by atoms with Crippen molar-refractivity contribution in [3.05, 3.63) is 29.6 Å². The SMILES string of the molecule is CC(C)(C)[C@H]1CCc2cccnc21. The third-order valence-corrected chi connectivity index (χ3v) is 3.00. The molecule has 0 spiro atoms. The van der Waals surface area contributed by atoms with Crippen LogP contribution in [0.1, 0.15) is 44.4 Å². The Morgan fingerprint density at radius 2 is 2.15 bits per heavy atom. The summed E-state index contributed by atoms with van der Waals surface area (Å²) < 4.78 is 0. The molecule has 0 N–H and O–H groups in total. The summed E-state index contributed by atoms with van der Waals surface area (Å²) >= 11 is 0. The summed E-state index contributed by atoms with van der Waals surface area (Å²) in [5, 5.41) is 0. The highest BCUT2D eigenvalue weighted by Gasteiger charge is 2.32. The fraction of sp³-hybridized carbons (Fsp3) is 0.583. The number of fused-ring (bicyclic) bond motifs is 1. The first-order chi connectivity index (χ1) is 6.09. The van der Waals surface area contributed by atoms with Crippen LogP contribution < -0.4 is 0 Å². The van der Waals surface area contributed by atoms with Gasteiger partial charge < -0.3 is 0 Å². The molecule has 0 radical (unpaired) electrons. The summed E-state index contributed by atoms with van der Waals surface area (Å²) in [5.74, 6) is 0.656. The molecule has 0 saturated heterocycles. The molecule has 0 saturated carbocycles. The van der Waals surface area contributed by atoms with E-state index in [1.807, 2.05) is 12.3 Å². The zero-order valence-electron chi connectivity index (χ0n) is 8.67. The third kappa shape index (κ3) is 1.48. The average molecular weight is 175 g/mol. The molecule has 13 heavy (non-hydrogen) atoms. The van der Waals surface area contributed by atoms with Crippen molar-refractivity contribution in [1.29, 1.82) is 0 Å². The maximum Gasteiger partial charge on any atom is 0.0471 e. The Balaban J connectivity index is 2.39. The van der Waals surface area contributed by atoms with Gasteiger partial charge in [0.15, 0.2) is 0 Å². The Bertz CT molecular complexity index is 309. The molecule has 0 fully saturated rings. The van der Waals surface area contributed by atoms with Crippen LogP contribution in [0.4, 0.5) is 0 Å². The minimum Gasteiger partial charge on any atom is -0.261 e. The second-order valence-corrected chi connectivity index (χ2v) is 5.01. The molecule has 0 aromatic carbocycles. The number of hydrogen-bond acceptors (Lipinski definition) is 1. The highest BCUT2D eigenvalue weighted by Crippen LogP contribution is 2.43. The monoisotopic (exact) mass is 175 g/mol. The second-order valence-electron chi connectivity index (χ2n) is 5.01. The Labute approximate surface area is 80.2 Å². The van der Waals surface area contributed by atoms with Crippen LogP contribution >= 0.6 is 0 Å². The Morgan fingerprint density at radius 1 is 1.38 bits per heavy atom. The summed E-state index contributed by atoms with van der Waals surface area (Å²) in [5.41, 5.74) is 3.16. The van der Waals surface area contributed by atoms with Gasteiger partial charge in [0.2, 0.25) is 0 Å². The van der Waals surface area contributed by atoms with E-state index in [9.17, 15) is 0 Å². The summed E-state index contributed by atoms with van der Waals surface area (Å²) in [6.45, 7) is 6.92. The number of aryl methyl sites for hydroxylation is 1. The van der Waals surface area contributed by atoms with Gasteiger partial charge in [-0.2, -0.15) is 0 Å².